The van der Waals surface area contributed by atoms with Gasteiger partial charge in [0.2, 0.25) is 0 Å². The number of nitrogens with one attached hydrogen (secondary N) is 1. The first kappa shape index (κ1) is 15.9. The van der Waals surface area contributed by atoms with Crippen LogP contribution in [0.15, 0.2) is 24.3 Å². The lowest BCUT2D eigenvalue weighted by molar-refractivity contribution is -0.139. The normalized spacial score (nSPS) is 15.9. The minimum absolute atomic E-state index is 0.0788. The molecule has 1 fully saturated rings. The van der Waals surface area contributed by atoms with Crippen LogP contribution in [-0.2, 0) is 24.0 Å². The summed E-state index contributed by atoms with van der Waals surface area (Å²) < 4.78 is 44.6. The Balaban J connectivity index is 1.81. The van der Waals surface area contributed by atoms with Gasteiger partial charge in [0.1, 0.15) is 5.82 Å². The fraction of sp³-hybridized carbons (Fsp3) is 0.467. The quantitative estimate of drug-likeness (QED) is 0.917. The maximum Gasteiger partial charge on any atom is 0.416 e. The van der Waals surface area contributed by atoms with Gasteiger partial charge >= 0.3 is 6.18 Å². The summed E-state index contributed by atoms with van der Waals surface area (Å²) in [7, 11) is 0. The number of ether oxygens (including phenoxy) is 1. The molecule has 1 aliphatic heterocycles. The second-order valence-electron chi connectivity index (χ2n) is 5.59. The largest absolute Gasteiger partial charge is 0.416 e. The van der Waals surface area contributed by atoms with E-state index < -0.39 is 11.7 Å². The minimum Gasteiger partial charge on any atom is -0.378 e. The molecule has 2 aromatic rings. The second kappa shape index (κ2) is 6.29. The van der Waals surface area contributed by atoms with Crippen LogP contribution in [0.5, 0.6) is 0 Å². The number of aryl methyl sites for hydroxylation is 1. The molecule has 0 radical (unpaired) electrons. The smallest absolute Gasteiger partial charge is 0.378 e. The van der Waals surface area contributed by atoms with E-state index in [0.717, 1.165) is 6.07 Å². The molecule has 23 heavy (non-hydrogen) atoms. The van der Waals surface area contributed by atoms with Crippen molar-refractivity contribution in [3.63, 3.8) is 0 Å². The number of benzene rings is 1. The molecule has 8 heteroatoms. The number of H-pyrrole nitrogens is 1. The van der Waals surface area contributed by atoms with E-state index in [2.05, 4.69) is 15.2 Å². The van der Waals surface area contributed by atoms with Crippen LogP contribution in [-0.4, -0.2) is 39.3 Å². The first-order chi connectivity index (χ1) is 10.9. The lowest BCUT2D eigenvalue weighted by atomic mass is 10.1. The maximum absolute atomic E-state index is 13.2. The number of alkyl halides is 3. The highest BCUT2D eigenvalue weighted by molar-refractivity contribution is 5.29. The predicted octanol–water partition coefficient (Wildman–Crippen LogP) is 2.53. The molecular weight excluding hydrogens is 309 g/mol. The lowest BCUT2D eigenvalue weighted by Crippen LogP contribution is -2.48. The molecule has 1 N–H and O–H groups in total. The molecule has 0 aliphatic carbocycles. The molecule has 124 valence electrons. The van der Waals surface area contributed by atoms with E-state index in [9.17, 15) is 13.2 Å². The van der Waals surface area contributed by atoms with E-state index in [4.69, 9.17) is 4.74 Å². The summed E-state index contributed by atoms with van der Waals surface area (Å²) in [4.78, 5) is 6.16. The van der Waals surface area contributed by atoms with Gasteiger partial charge in [-0.3, -0.25) is 10.00 Å². The van der Waals surface area contributed by atoms with E-state index in [-0.39, 0.29) is 18.2 Å². The van der Waals surface area contributed by atoms with Crippen LogP contribution in [0.4, 0.5) is 13.2 Å². The molecule has 0 bridgehead atoms. The molecule has 1 aromatic carbocycles. The van der Waals surface area contributed by atoms with Crippen molar-refractivity contribution < 1.29 is 17.9 Å². The summed E-state index contributed by atoms with van der Waals surface area (Å²) in [6.07, 6.45) is -4.36. The van der Waals surface area contributed by atoms with Crippen molar-refractivity contribution >= 4 is 0 Å². The molecular formula is C15H17F3N4O. The number of nitrogens with zero attached hydrogens (tertiary/aromatic N) is 3. The van der Waals surface area contributed by atoms with Gasteiger partial charge in [0.15, 0.2) is 5.82 Å². The van der Waals surface area contributed by atoms with Gasteiger partial charge in [0, 0.05) is 6.54 Å². The number of halogens is 3. The highest BCUT2D eigenvalue weighted by Crippen LogP contribution is 2.33. The zero-order chi connectivity index (χ0) is 16.4. The molecule has 1 saturated heterocycles. The first-order valence-electron chi connectivity index (χ1n) is 7.28. The molecule has 3 rings (SSSR count). The van der Waals surface area contributed by atoms with E-state index in [1.54, 1.807) is 13.0 Å². The Hall–Kier alpha value is -1.93. The van der Waals surface area contributed by atoms with Crippen LogP contribution >= 0.6 is 0 Å². The summed E-state index contributed by atoms with van der Waals surface area (Å²) >= 11 is 0. The molecule has 1 aromatic heterocycles. The van der Waals surface area contributed by atoms with Crippen molar-refractivity contribution in [1.29, 1.82) is 0 Å². The summed E-state index contributed by atoms with van der Waals surface area (Å²) in [6, 6.07) is 5.73. The molecule has 2 heterocycles. The Labute approximate surface area is 131 Å². The van der Waals surface area contributed by atoms with Gasteiger partial charge in [-0.2, -0.15) is 18.3 Å². The van der Waals surface area contributed by atoms with E-state index in [1.807, 2.05) is 4.90 Å². The Kier molecular flexibility index (Phi) is 4.36. The van der Waals surface area contributed by atoms with Crippen molar-refractivity contribution in [2.45, 2.75) is 32.2 Å². The van der Waals surface area contributed by atoms with Crippen molar-refractivity contribution in [1.82, 2.24) is 20.1 Å². The average molecular weight is 326 g/mol. The number of aromatic amines is 1. The maximum atomic E-state index is 13.2. The van der Waals surface area contributed by atoms with Gasteiger partial charge in [-0.1, -0.05) is 18.2 Å². The highest BCUT2D eigenvalue weighted by atomic mass is 19.4. The van der Waals surface area contributed by atoms with Gasteiger partial charge in [-0.15, -0.1) is 0 Å². The van der Waals surface area contributed by atoms with E-state index >= 15 is 0 Å². The van der Waals surface area contributed by atoms with Crippen molar-refractivity contribution in [2.75, 3.05) is 13.2 Å². The Morgan fingerprint density at radius 1 is 1.26 bits per heavy atom. The summed E-state index contributed by atoms with van der Waals surface area (Å²) in [6.45, 7) is 3.36. The van der Waals surface area contributed by atoms with Gasteiger partial charge < -0.3 is 4.74 Å². The molecule has 1 aliphatic rings. The number of rotatable bonds is 5. The fourth-order valence-electron chi connectivity index (χ4n) is 2.54. The van der Waals surface area contributed by atoms with Gasteiger partial charge in [0.05, 0.1) is 31.4 Å². The zero-order valence-electron chi connectivity index (χ0n) is 12.6. The van der Waals surface area contributed by atoms with Gasteiger partial charge in [0.25, 0.3) is 0 Å². The molecule has 0 unspecified atom stereocenters. The van der Waals surface area contributed by atoms with E-state index in [0.29, 0.717) is 31.4 Å². The number of hydrogen-bond acceptors (Lipinski definition) is 4. The van der Waals surface area contributed by atoms with Crippen LogP contribution in [0.25, 0.3) is 0 Å². The monoisotopic (exact) mass is 326 g/mol. The number of hydrogen-bond donors (Lipinski definition) is 1. The van der Waals surface area contributed by atoms with Crippen molar-refractivity contribution in [3.05, 3.63) is 47.0 Å². The van der Waals surface area contributed by atoms with Crippen LogP contribution < -0.4 is 0 Å². The number of aromatic nitrogens is 3. The predicted molar refractivity (Wildman–Crippen MR) is 76.4 cm³/mol. The average Bonchev–Trinajstić information content (AvgIpc) is 2.81. The Morgan fingerprint density at radius 2 is 2.00 bits per heavy atom. The Morgan fingerprint density at radius 3 is 2.57 bits per heavy atom. The second-order valence-corrected chi connectivity index (χ2v) is 5.59. The minimum atomic E-state index is -4.36. The Bertz CT molecular complexity index is 667. The summed E-state index contributed by atoms with van der Waals surface area (Å²) in [5.41, 5.74) is -0.351. The van der Waals surface area contributed by atoms with E-state index in [1.165, 1.54) is 12.1 Å². The third kappa shape index (κ3) is 3.70. The van der Waals surface area contributed by atoms with Crippen LogP contribution in [0, 0.1) is 6.92 Å². The molecule has 5 nitrogen and oxygen atoms in total. The summed E-state index contributed by atoms with van der Waals surface area (Å²) in [5, 5.41) is 6.82. The van der Waals surface area contributed by atoms with Crippen molar-refractivity contribution in [3.8, 4) is 0 Å². The van der Waals surface area contributed by atoms with Crippen molar-refractivity contribution in [2.24, 2.45) is 0 Å². The topological polar surface area (TPSA) is 54.0 Å². The molecule has 0 atom stereocenters. The van der Waals surface area contributed by atoms with Gasteiger partial charge in [-0.25, -0.2) is 4.98 Å². The third-order valence-corrected chi connectivity index (χ3v) is 3.82. The standard InChI is InChI=1S/C15H17F3N4O/c1-10-19-14(21-20-10)7-22(12-8-23-9-12)6-11-4-2-3-5-13(11)15(16,17)18/h2-5,12H,6-9H2,1H3,(H,19,20,21). The highest BCUT2D eigenvalue weighted by Gasteiger charge is 2.34. The SMILES string of the molecule is Cc1nc(CN(Cc2ccccc2C(F)(F)F)C2COC2)n[nH]1. The van der Waals surface area contributed by atoms with Gasteiger partial charge in [-0.05, 0) is 18.6 Å². The molecule has 0 spiro atoms. The summed E-state index contributed by atoms with van der Waals surface area (Å²) in [5.74, 6) is 1.25. The van der Waals surface area contributed by atoms with Crippen LogP contribution in [0.1, 0.15) is 22.8 Å². The zero-order valence-corrected chi connectivity index (χ0v) is 12.6. The fourth-order valence-corrected chi connectivity index (χ4v) is 2.54. The first-order valence-corrected chi connectivity index (χ1v) is 7.28. The molecule has 0 amide bonds. The molecule has 0 saturated carbocycles. The van der Waals surface area contributed by atoms with Crippen LogP contribution in [0.2, 0.25) is 0 Å². The van der Waals surface area contributed by atoms with Crippen LogP contribution in [0.3, 0.4) is 0 Å². The third-order valence-electron chi connectivity index (χ3n) is 3.82. The lowest BCUT2D eigenvalue weighted by Gasteiger charge is -2.37.